The first kappa shape index (κ1) is 80.6. The lowest BCUT2D eigenvalue weighted by Crippen LogP contribution is -2.16. The maximum atomic E-state index is 13.6. The molecule has 8 nitrogen and oxygen atoms in total. The van der Waals surface area contributed by atoms with Crippen LogP contribution in [0.2, 0.25) is 0 Å². The molecule has 0 saturated carbocycles. The largest absolute Gasteiger partial charge is 0.507 e. The van der Waals surface area contributed by atoms with Crippen LogP contribution in [0.4, 0.5) is 0 Å². The van der Waals surface area contributed by atoms with Crippen LogP contribution < -0.4 is 18.9 Å². The number of rotatable bonds is 0. The second-order valence-corrected chi connectivity index (χ2v) is 41.2. The van der Waals surface area contributed by atoms with E-state index < -0.39 is 0 Å². The van der Waals surface area contributed by atoms with Crippen molar-refractivity contribution in [1.82, 2.24) is 0 Å². The van der Waals surface area contributed by atoms with Crippen molar-refractivity contribution in [2.24, 2.45) is 0 Å². The lowest BCUT2D eigenvalue weighted by molar-refractivity contribution is 0.280. The Hall–Kier alpha value is -9.40. The van der Waals surface area contributed by atoms with Crippen molar-refractivity contribution in [1.29, 1.82) is 0 Å². The molecule has 0 fully saturated rings. The Morgan fingerprint density at radius 3 is 0.411 bits per heavy atom. The molecular formula is C104H124O8. The summed E-state index contributed by atoms with van der Waals surface area (Å²) < 4.78 is 30.7. The molecular weight excluding hydrogens is 1380 g/mol. The van der Waals surface area contributed by atoms with Crippen LogP contribution in [0.1, 0.15) is 322 Å². The van der Waals surface area contributed by atoms with E-state index in [9.17, 15) is 20.4 Å². The van der Waals surface area contributed by atoms with E-state index in [4.69, 9.17) is 18.9 Å². The first-order valence-corrected chi connectivity index (χ1v) is 40.8. The fourth-order valence-electron chi connectivity index (χ4n) is 16.3. The summed E-state index contributed by atoms with van der Waals surface area (Å²) in [4.78, 5) is 0. The molecule has 14 rings (SSSR count). The summed E-state index contributed by atoms with van der Waals surface area (Å²) in [6.45, 7) is 54.6. The summed E-state index contributed by atoms with van der Waals surface area (Å²) >= 11 is 0. The molecule has 0 atom stereocenters. The van der Waals surface area contributed by atoms with E-state index in [0.717, 1.165) is 156 Å². The molecule has 0 saturated heterocycles. The maximum absolute atomic E-state index is 13.6. The second kappa shape index (κ2) is 29.5. The molecule has 20 bridgehead atoms. The zero-order valence-electron chi connectivity index (χ0n) is 71.8. The predicted octanol–water partition coefficient (Wildman–Crippen LogP) is 24.9. The zero-order valence-corrected chi connectivity index (χ0v) is 71.8. The van der Waals surface area contributed by atoms with Crippen molar-refractivity contribution in [3.63, 3.8) is 0 Å². The van der Waals surface area contributed by atoms with Gasteiger partial charge in [-0.1, -0.05) is 312 Å². The standard InChI is InChI=1S/C104H124O8/c1-97(2,3)81-41-65-33-73-49-85(101(13,14)15)51-75-35-67-43-82(98(4,5)6)45-69(90(67)106)37-77-53-87(103(19,20)21)55-79-39-71-47-84(100(10,11)12)48-72(92(71)108)40-80-56-88(104(22,23)24)54-78(96(80)112-60-64-32-28-25-29-61(64)57-109-93(73)75)38-70-46-83(99(7,8)9)44-68(91(70)107)36-76-52-86(102(16,17)18)50-74(34-66(42-81)89(65)105)94(76)110-58-62-30-26-27-31-63(62)59-111-95(77)79/h25-32,41-56,105-108H,33-40,57-60H2,1-24H3. The van der Waals surface area contributed by atoms with Gasteiger partial charge in [0, 0.05) is 51.4 Å². The van der Waals surface area contributed by atoms with Crippen LogP contribution in [0.25, 0.3) is 0 Å². The minimum absolute atomic E-state index is 0.163. The molecule has 10 aromatic carbocycles. The highest BCUT2D eigenvalue weighted by Gasteiger charge is 2.34. The van der Waals surface area contributed by atoms with Gasteiger partial charge in [-0.2, -0.15) is 0 Å². The van der Waals surface area contributed by atoms with Crippen LogP contribution >= 0.6 is 0 Å². The van der Waals surface area contributed by atoms with Crippen LogP contribution in [0.5, 0.6) is 46.0 Å². The van der Waals surface area contributed by atoms with E-state index in [1.54, 1.807) is 0 Å². The average Bonchev–Trinajstić information content (AvgIpc) is 0.853. The van der Waals surface area contributed by atoms with E-state index in [0.29, 0.717) is 74.4 Å². The number of fused-ring (bicyclic) bond motifs is 4. The van der Waals surface area contributed by atoms with Crippen molar-refractivity contribution >= 4 is 0 Å². The van der Waals surface area contributed by atoms with Gasteiger partial charge in [-0.15, -0.1) is 0 Å². The molecule has 0 aromatic heterocycles. The molecule has 0 amide bonds. The van der Waals surface area contributed by atoms with E-state index in [2.05, 4.69) is 312 Å². The maximum Gasteiger partial charge on any atom is 0.126 e. The first-order valence-electron chi connectivity index (χ1n) is 40.8. The zero-order chi connectivity index (χ0) is 81.1. The summed E-state index contributed by atoms with van der Waals surface area (Å²) in [5.74, 6) is 3.57. The Morgan fingerprint density at radius 2 is 0.295 bits per heavy atom. The number of phenolic OH excluding ortho intramolecular Hbond substituents is 4. The molecule has 4 heterocycles. The Balaban J connectivity index is 1.23. The third kappa shape index (κ3) is 17.2. The molecule has 10 aromatic rings. The predicted molar refractivity (Wildman–Crippen MR) is 460 cm³/mol. The van der Waals surface area contributed by atoms with Gasteiger partial charge in [-0.3, -0.25) is 0 Å². The van der Waals surface area contributed by atoms with E-state index in [-0.39, 0.29) is 92.7 Å². The number of benzene rings is 10. The van der Waals surface area contributed by atoms with Crippen LogP contribution in [0.3, 0.4) is 0 Å². The molecule has 0 radical (unpaired) electrons. The van der Waals surface area contributed by atoms with Gasteiger partial charge in [0.05, 0.1) is 0 Å². The van der Waals surface area contributed by atoms with Gasteiger partial charge in [-0.05, 0) is 199 Å². The van der Waals surface area contributed by atoms with E-state index in [1.807, 2.05) is 0 Å². The molecule has 4 aliphatic rings. The third-order valence-electron chi connectivity index (χ3n) is 23.7. The van der Waals surface area contributed by atoms with Crippen LogP contribution in [-0.2, 0) is 121 Å². The molecule has 8 heteroatoms. The van der Waals surface area contributed by atoms with Gasteiger partial charge >= 0.3 is 0 Å². The molecule has 4 aliphatic heterocycles. The smallest absolute Gasteiger partial charge is 0.126 e. The van der Waals surface area contributed by atoms with Crippen molar-refractivity contribution < 1.29 is 39.4 Å². The van der Waals surface area contributed by atoms with Crippen LogP contribution in [0, 0.1) is 0 Å². The van der Waals surface area contributed by atoms with Gasteiger partial charge in [0.15, 0.2) is 0 Å². The van der Waals surface area contributed by atoms with Gasteiger partial charge in [-0.25, -0.2) is 0 Å². The highest BCUT2D eigenvalue weighted by atomic mass is 16.5. The van der Waals surface area contributed by atoms with Gasteiger partial charge in [0.2, 0.25) is 0 Å². The quantitative estimate of drug-likeness (QED) is 0.119. The highest BCUT2D eigenvalue weighted by Crippen LogP contribution is 2.49. The second-order valence-electron chi connectivity index (χ2n) is 41.2. The van der Waals surface area contributed by atoms with Crippen molar-refractivity contribution in [2.75, 3.05) is 0 Å². The first-order chi connectivity index (χ1) is 52.1. The summed E-state index contributed by atoms with van der Waals surface area (Å²) in [6.07, 6.45) is 2.55. The number of phenols is 4. The van der Waals surface area contributed by atoms with Gasteiger partial charge in [0.1, 0.15) is 72.4 Å². The van der Waals surface area contributed by atoms with Crippen molar-refractivity contribution in [2.45, 2.75) is 287 Å². The molecule has 0 spiro atoms. The summed E-state index contributed by atoms with van der Waals surface area (Å²) in [7, 11) is 0. The van der Waals surface area contributed by atoms with Crippen LogP contribution in [-0.4, -0.2) is 20.4 Å². The summed E-state index contributed by atoms with van der Waals surface area (Å²) in [5, 5.41) is 54.6. The Morgan fingerprint density at radius 1 is 0.179 bits per heavy atom. The van der Waals surface area contributed by atoms with E-state index in [1.165, 1.54) is 0 Å². The number of hydrogen-bond donors (Lipinski definition) is 4. The lowest BCUT2D eigenvalue weighted by Gasteiger charge is -2.28. The van der Waals surface area contributed by atoms with Gasteiger partial charge in [0.25, 0.3) is 0 Å². The normalized spacial score (nSPS) is 14.8. The summed E-state index contributed by atoms with van der Waals surface area (Å²) in [5.41, 5.74) is 23.1. The van der Waals surface area contributed by atoms with Crippen molar-refractivity contribution in [3.05, 3.63) is 301 Å². The summed E-state index contributed by atoms with van der Waals surface area (Å²) in [6, 6.07) is 52.8. The fourth-order valence-corrected chi connectivity index (χ4v) is 16.3. The fraction of sp³-hybridized carbons (Fsp3) is 0.423. The monoisotopic (exact) mass is 1500 g/mol. The molecule has 0 unspecified atom stereocenters. The lowest BCUT2D eigenvalue weighted by atomic mass is 9.79. The SMILES string of the molecule is CC(C)(C)c1cc2c(O)c(c1)Cc1cc(C(C)(C)C)cc3c1OCc1ccccc1COc1c4cc(C(C)(C)C)cc1Cc1cc(C(C)(C)C)cc(c1O)Cc1cc(C(C)(C)C)cc(c1OCc1ccccc1COc1c(cc(C(C)(C)C)cc1Cc1cc(C(C)(C)C)cc(c1O)C4)C2)Cc1cc(C(C)(C)C)cc(c1O)C3. The van der Waals surface area contributed by atoms with Gasteiger partial charge < -0.3 is 39.4 Å². The van der Waals surface area contributed by atoms with Crippen LogP contribution in [0.15, 0.2) is 146 Å². The number of ether oxygens (including phenoxy) is 4. The Labute approximate surface area is 670 Å². The van der Waals surface area contributed by atoms with E-state index >= 15 is 0 Å². The minimum Gasteiger partial charge on any atom is -0.507 e. The molecule has 4 N–H and O–H groups in total. The molecule has 588 valence electrons. The Bertz CT molecular complexity index is 4440. The third-order valence-corrected chi connectivity index (χ3v) is 23.7. The molecule has 112 heavy (non-hydrogen) atoms. The molecule has 0 aliphatic carbocycles. The van der Waals surface area contributed by atoms with Crippen molar-refractivity contribution in [3.8, 4) is 46.0 Å². The number of aromatic hydroxyl groups is 4. The topological polar surface area (TPSA) is 118 Å². The minimum atomic E-state index is -0.349. The average molecular weight is 1500 g/mol. The number of hydrogen-bond acceptors (Lipinski definition) is 8. The Kier molecular flexibility index (Phi) is 21.3. The highest BCUT2D eigenvalue weighted by molar-refractivity contribution is 5.63.